The molecule has 0 spiro atoms. The Morgan fingerprint density at radius 3 is 2.95 bits per heavy atom. The highest BCUT2D eigenvalue weighted by Gasteiger charge is 2.27. The fourth-order valence-electron chi connectivity index (χ4n) is 2.90. The number of hydrogen-bond acceptors (Lipinski definition) is 2. The number of nitrogens with zero attached hydrogens (tertiary/aromatic N) is 2. The zero-order valence-corrected chi connectivity index (χ0v) is 12.8. The molecule has 1 aromatic heterocycles. The molecule has 0 radical (unpaired) electrons. The average molecular weight is 322 g/mol. The van der Waals surface area contributed by atoms with Crippen molar-refractivity contribution in [3.8, 4) is 0 Å². The topological polar surface area (TPSA) is 46.9 Å². The molecule has 6 heteroatoms. The maximum Gasteiger partial charge on any atom is 0.270 e. The second-order valence-corrected chi connectivity index (χ2v) is 5.83. The molecule has 1 N–H and O–H groups in total. The van der Waals surface area contributed by atoms with Crippen molar-refractivity contribution in [2.75, 3.05) is 0 Å². The summed E-state index contributed by atoms with van der Waals surface area (Å²) in [5.74, 6) is -0.782. The van der Waals surface area contributed by atoms with Gasteiger partial charge in [0.1, 0.15) is 0 Å². The summed E-state index contributed by atoms with van der Waals surface area (Å²) in [6.45, 7) is 0.693. The first-order valence-corrected chi connectivity index (χ1v) is 7.76. The van der Waals surface area contributed by atoms with Crippen LogP contribution in [0.5, 0.6) is 0 Å². The molecule has 0 aliphatic heterocycles. The number of halogens is 2. The number of carbonyl (C=O) groups is 1. The van der Waals surface area contributed by atoms with Crippen molar-refractivity contribution in [2.24, 2.45) is 0 Å². The van der Waals surface area contributed by atoms with Crippen molar-refractivity contribution < 1.29 is 9.18 Å². The summed E-state index contributed by atoms with van der Waals surface area (Å²) in [6.07, 6.45) is 4.38. The van der Waals surface area contributed by atoms with Crippen molar-refractivity contribution in [2.45, 2.75) is 37.5 Å². The standard InChI is InChI=1S/C16H17ClFN3O/c17-15(18)16(22)20-13-7-4-8-14-12(13)9-19-21(14)10-11-5-2-1-3-6-11/h1-3,5-6,9,13,15H,4,7-8,10H2,(H,20,22). The van der Waals surface area contributed by atoms with Crippen molar-refractivity contribution in [3.05, 3.63) is 53.3 Å². The van der Waals surface area contributed by atoms with Gasteiger partial charge < -0.3 is 5.32 Å². The van der Waals surface area contributed by atoms with Crippen LogP contribution in [0.1, 0.15) is 35.7 Å². The Labute approximate surface area is 133 Å². The maximum absolute atomic E-state index is 12.9. The van der Waals surface area contributed by atoms with Crippen molar-refractivity contribution in [1.82, 2.24) is 15.1 Å². The smallest absolute Gasteiger partial charge is 0.270 e. The summed E-state index contributed by atoms with van der Waals surface area (Å²) in [7, 11) is 0. The normalized spacial score (nSPS) is 18.5. The molecule has 0 bridgehead atoms. The lowest BCUT2D eigenvalue weighted by molar-refractivity contribution is -0.124. The average Bonchev–Trinajstić information content (AvgIpc) is 2.92. The highest BCUT2D eigenvalue weighted by molar-refractivity contribution is 6.29. The molecule has 1 aliphatic carbocycles. The first-order valence-electron chi connectivity index (χ1n) is 7.32. The number of benzene rings is 1. The van der Waals surface area contributed by atoms with Crippen LogP contribution in [0.3, 0.4) is 0 Å². The van der Waals surface area contributed by atoms with Gasteiger partial charge in [0.05, 0.1) is 18.8 Å². The van der Waals surface area contributed by atoms with Gasteiger partial charge in [-0.1, -0.05) is 41.9 Å². The fourth-order valence-corrected chi connectivity index (χ4v) is 2.96. The monoisotopic (exact) mass is 321 g/mol. The molecule has 0 saturated heterocycles. The van der Waals surface area contributed by atoms with E-state index in [4.69, 9.17) is 11.6 Å². The maximum atomic E-state index is 12.9. The molecular weight excluding hydrogens is 305 g/mol. The van der Waals surface area contributed by atoms with Crippen LogP contribution in [0.4, 0.5) is 4.39 Å². The summed E-state index contributed by atoms with van der Waals surface area (Å²) in [5, 5.41) is 7.09. The van der Waals surface area contributed by atoms with E-state index in [1.54, 1.807) is 6.20 Å². The number of aromatic nitrogens is 2. The minimum atomic E-state index is -2.01. The zero-order chi connectivity index (χ0) is 15.5. The van der Waals surface area contributed by atoms with Crippen LogP contribution in [0.2, 0.25) is 0 Å². The van der Waals surface area contributed by atoms with E-state index in [0.29, 0.717) is 6.54 Å². The molecule has 2 aromatic rings. The highest BCUT2D eigenvalue weighted by atomic mass is 35.5. The van der Waals surface area contributed by atoms with Gasteiger partial charge in [0.15, 0.2) is 0 Å². The molecule has 22 heavy (non-hydrogen) atoms. The van der Waals surface area contributed by atoms with Crippen LogP contribution >= 0.6 is 11.6 Å². The number of amides is 1. The number of carbonyl (C=O) groups excluding carboxylic acids is 1. The molecule has 116 valence electrons. The Morgan fingerprint density at radius 1 is 1.45 bits per heavy atom. The minimum Gasteiger partial charge on any atom is -0.346 e. The van der Waals surface area contributed by atoms with Crippen LogP contribution in [-0.2, 0) is 17.8 Å². The molecule has 2 atom stereocenters. The van der Waals surface area contributed by atoms with Gasteiger partial charge >= 0.3 is 0 Å². The Morgan fingerprint density at radius 2 is 2.23 bits per heavy atom. The predicted octanol–water partition coefficient (Wildman–Crippen LogP) is 2.96. The van der Waals surface area contributed by atoms with E-state index < -0.39 is 11.5 Å². The Bertz CT molecular complexity index is 657. The molecule has 0 fully saturated rings. The third-order valence-corrected chi connectivity index (χ3v) is 4.15. The lowest BCUT2D eigenvalue weighted by Gasteiger charge is -2.24. The Kier molecular flexibility index (Phi) is 4.43. The fraction of sp³-hybridized carbons (Fsp3) is 0.375. The van der Waals surface area contributed by atoms with Crippen LogP contribution in [0.25, 0.3) is 0 Å². The SMILES string of the molecule is O=C(NC1CCCc2c1cnn2Cc1ccccc1)C(F)Cl. The van der Waals surface area contributed by atoms with Gasteiger partial charge in [-0.25, -0.2) is 4.39 Å². The predicted molar refractivity (Wildman–Crippen MR) is 82.3 cm³/mol. The number of fused-ring (bicyclic) bond motifs is 1. The van der Waals surface area contributed by atoms with Crippen LogP contribution < -0.4 is 5.32 Å². The molecule has 1 aromatic carbocycles. The third kappa shape index (κ3) is 3.14. The lowest BCUT2D eigenvalue weighted by atomic mass is 9.93. The molecular formula is C16H17ClFN3O. The number of rotatable bonds is 4. The van der Waals surface area contributed by atoms with Gasteiger partial charge in [-0.2, -0.15) is 5.10 Å². The second-order valence-electron chi connectivity index (χ2n) is 5.44. The molecule has 1 aliphatic rings. The summed E-state index contributed by atoms with van der Waals surface area (Å²) >= 11 is 5.19. The van der Waals surface area contributed by atoms with E-state index in [2.05, 4.69) is 22.5 Å². The van der Waals surface area contributed by atoms with E-state index in [1.165, 1.54) is 5.56 Å². The van der Waals surface area contributed by atoms with Crippen LogP contribution in [-0.4, -0.2) is 21.3 Å². The highest BCUT2D eigenvalue weighted by Crippen LogP contribution is 2.30. The van der Waals surface area contributed by atoms with Crippen molar-refractivity contribution in [1.29, 1.82) is 0 Å². The van der Waals surface area contributed by atoms with Crippen LogP contribution in [0, 0.1) is 0 Å². The second kappa shape index (κ2) is 6.48. The Balaban J connectivity index is 1.80. The van der Waals surface area contributed by atoms with Gasteiger partial charge in [0, 0.05) is 11.3 Å². The molecule has 1 amide bonds. The van der Waals surface area contributed by atoms with Gasteiger partial charge in [-0.05, 0) is 24.8 Å². The van der Waals surface area contributed by atoms with Gasteiger partial charge in [-0.3, -0.25) is 9.48 Å². The number of nitrogens with one attached hydrogen (secondary N) is 1. The number of hydrogen-bond donors (Lipinski definition) is 1. The zero-order valence-electron chi connectivity index (χ0n) is 12.0. The summed E-state index contributed by atoms with van der Waals surface area (Å²) in [5.41, 5.74) is 1.23. The van der Waals surface area contributed by atoms with Crippen LogP contribution in [0.15, 0.2) is 36.5 Å². The first-order chi connectivity index (χ1) is 10.6. The minimum absolute atomic E-state index is 0.210. The van der Waals surface area contributed by atoms with E-state index in [-0.39, 0.29) is 6.04 Å². The largest absolute Gasteiger partial charge is 0.346 e. The summed E-state index contributed by atoms with van der Waals surface area (Å²) in [4.78, 5) is 11.5. The van der Waals surface area contributed by atoms with Crippen molar-refractivity contribution >= 4 is 17.5 Å². The summed E-state index contributed by atoms with van der Waals surface area (Å²) < 4.78 is 14.8. The quantitative estimate of drug-likeness (QED) is 0.880. The first kappa shape index (κ1) is 15.0. The van der Waals surface area contributed by atoms with E-state index in [0.717, 1.165) is 30.5 Å². The molecule has 4 nitrogen and oxygen atoms in total. The molecule has 3 rings (SSSR count). The summed E-state index contributed by atoms with van der Waals surface area (Å²) in [6, 6.07) is 9.87. The van der Waals surface area contributed by atoms with Crippen molar-refractivity contribution in [3.63, 3.8) is 0 Å². The van der Waals surface area contributed by atoms with E-state index in [1.807, 2.05) is 22.9 Å². The van der Waals surface area contributed by atoms with Gasteiger partial charge in [0.25, 0.3) is 11.5 Å². The Hall–Kier alpha value is -1.88. The van der Waals surface area contributed by atoms with E-state index in [9.17, 15) is 9.18 Å². The molecule has 0 saturated carbocycles. The lowest BCUT2D eigenvalue weighted by Crippen LogP contribution is -2.34. The van der Waals surface area contributed by atoms with Gasteiger partial charge in [0.2, 0.25) is 0 Å². The molecule has 2 unspecified atom stereocenters. The number of alkyl halides is 2. The van der Waals surface area contributed by atoms with E-state index >= 15 is 0 Å². The molecule has 1 heterocycles. The third-order valence-electron chi connectivity index (χ3n) is 3.95. The van der Waals surface area contributed by atoms with Gasteiger partial charge in [-0.15, -0.1) is 0 Å².